The fourth-order valence-electron chi connectivity index (χ4n) is 3.47. The Labute approximate surface area is 152 Å². The molecule has 0 bridgehead atoms. The Kier molecular flexibility index (Phi) is 3.94. The first kappa shape index (κ1) is 16.6. The van der Waals surface area contributed by atoms with Gasteiger partial charge in [-0.3, -0.25) is 14.5 Å². The van der Waals surface area contributed by atoms with Crippen LogP contribution in [0.25, 0.3) is 0 Å². The fraction of sp³-hybridized carbons (Fsp3) is 0.333. The number of hydrogen-bond donors (Lipinski definition) is 0. The Bertz CT molecular complexity index is 854. The fourth-order valence-corrected chi connectivity index (χ4v) is 3.47. The number of fused-ring (bicyclic) bond motifs is 1. The number of carbonyl (C=O) groups excluding carboxylic acids is 2. The monoisotopic (exact) mass is 351 g/mol. The van der Waals surface area contributed by atoms with Crippen molar-refractivity contribution in [3.05, 3.63) is 53.6 Å². The van der Waals surface area contributed by atoms with E-state index >= 15 is 0 Å². The molecule has 2 aliphatic heterocycles. The Morgan fingerprint density at radius 2 is 1.73 bits per heavy atom. The second-order valence-corrected chi connectivity index (χ2v) is 7.36. The maximum atomic E-state index is 11.8. The predicted molar refractivity (Wildman–Crippen MR) is 97.4 cm³/mol. The number of nitrogens with zero attached hydrogens (tertiary/aromatic N) is 1. The van der Waals surface area contributed by atoms with E-state index in [1.165, 1.54) is 4.90 Å². The van der Waals surface area contributed by atoms with Gasteiger partial charge in [0.2, 0.25) is 11.8 Å². The Balaban J connectivity index is 1.46. The first-order valence-electron chi connectivity index (χ1n) is 8.81. The maximum Gasteiger partial charge on any atom is 0.234 e. The highest BCUT2D eigenvalue weighted by Crippen LogP contribution is 2.42. The van der Waals surface area contributed by atoms with Crippen LogP contribution in [-0.2, 0) is 22.6 Å². The van der Waals surface area contributed by atoms with Gasteiger partial charge in [0.1, 0.15) is 12.2 Å². The van der Waals surface area contributed by atoms with Crippen LogP contribution in [0.15, 0.2) is 42.5 Å². The summed E-state index contributed by atoms with van der Waals surface area (Å²) in [5, 5.41) is 0. The third-order valence-corrected chi connectivity index (χ3v) is 4.70. The number of rotatable bonds is 4. The molecule has 5 heteroatoms. The molecule has 0 atom stereocenters. The quantitative estimate of drug-likeness (QED) is 0.789. The molecule has 1 saturated heterocycles. The van der Waals surface area contributed by atoms with Crippen LogP contribution < -0.4 is 14.4 Å². The molecule has 0 saturated carbocycles. The van der Waals surface area contributed by atoms with Crippen molar-refractivity contribution in [2.45, 2.75) is 45.3 Å². The van der Waals surface area contributed by atoms with Crippen LogP contribution in [-0.4, -0.2) is 17.4 Å². The summed E-state index contributed by atoms with van der Waals surface area (Å²) in [6.45, 7) is 4.52. The van der Waals surface area contributed by atoms with Crippen molar-refractivity contribution in [1.29, 1.82) is 0 Å². The molecule has 2 heterocycles. The molecule has 0 spiro atoms. The number of amides is 2. The average Bonchev–Trinajstić information content (AvgIpc) is 3.11. The smallest absolute Gasteiger partial charge is 0.234 e. The molecule has 0 unspecified atom stereocenters. The molecule has 2 aromatic rings. The van der Waals surface area contributed by atoms with Crippen molar-refractivity contribution in [3.8, 4) is 11.5 Å². The Morgan fingerprint density at radius 1 is 1.04 bits per heavy atom. The number of hydrogen-bond acceptors (Lipinski definition) is 4. The summed E-state index contributed by atoms with van der Waals surface area (Å²) in [4.78, 5) is 24.9. The van der Waals surface area contributed by atoms with E-state index in [0.29, 0.717) is 25.1 Å². The number of para-hydroxylation sites is 1. The molecule has 0 aliphatic carbocycles. The minimum atomic E-state index is -0.210. The number of carbonyl (C=O) groups is 2. The van der Waals surface area contributed by atoms with Gasteiger partial charge >= 0.3 is 0 Å². The van der Waals surface area contributed by atoms with E-state index in [2.05, 4.69) is 19.9 Å². The van der Waals surface area contributed by atoms with Gasteiger partial charge in [-0.2, -0.15) is 0 Å². The second-order valence-electron chi connectivity index (χ2n) is 7.36. The molecule has 26 heavy (non-hydrogen) atoms. The van der Waals surface area contributed by atoms with Crippen LogP contribution in [0.5, 0.6) is 11.5 Å². The predicted octanol–water partition coefficient (Wildman–Crippen LogP) is 3.63. The number of anilines is 1. The zero-order valence-corrected chi connectivity index (χ0v) is 15.0. The van der Waals surface area contributed by atoms with Gasteiger partial charge < -0.3 is 9.47 Å². The lowest BCUT2D eigenvalue weighted by Crippen LogP contribution is -2.28. The lowest BCUT2D eigenvalue weighted by atomic mass is 10.0. The number of ether oxygens (including phenoxy) is 2. The highest BCUT2D eigenvalue weighted by molar-refractivity contribution is 6.19. The van der Waals surface area contributed by atoms with E-state index in [9.17, 15) is 9.59 Å². The summed E-state index contributed by atoms with van der Waals surface area (Å²) in [5.41, 5.74) is 2.53. The molecule has 0 aromatic heterocycles. The van der Waals surface area contributed by atoms with E-state index in [-0.39, 0.29) is 17.4 Å². The zero-order valence-electron chi connectivity index (χ0n) is 15.0. The van der Waals surface area contributed by atoms with Crippen molar-refractivity contribution in [2.75, 3.05) is 4.90 Å². The van der Waals surface area contributed by atoms with E-state index in [4.69, 9.17) is 9.47 Å². The molecule has 2 amide bonds. The molecule has 0 radical (unpaired) electrons. The van der Waals surface area contributed by atoms with Crippen LogP contribution in [0.1, 0.15) is 37.8 Å². The van der Waals surface area contributed by atoms with Crippen LogP contribution in [0.3, 0.4) is 0 Å². The Hall–Kier alpha value is -2.82. The van der Waals surface area contributed by atoms with Gasteiger partial charge in [0.25, 0.3) is 0 Å². The van der Waals surface area contributed by atoms with Crippen molar-refractivity contribution < 1.29 is 19.1 Å². The summed E-state index contributed by atoms with van der Waals surface area (Å²) >= 11 is 0. The third-order valence-electron chi connectivity index (χ3n) is 4.70. The molecule has 4 rings (SSSR count). The molecule has 2 aromatic carbocycles. The normalized spacial score (nSPS) is 18.0. The van der Waals surface area contributed by atoms with Crippen LogP contribution in [0.2, 0.25) is 0 Å². The van der Waals surface area contributed by atoms with Crippen molar-refractivity contribution >= 4 is 17.5 Å². The Morgan fingerprint density at radius 3 is 2.42 bits per heavy atom. The van der Waals surface area contributed by atoms with Crippen molar-refractivity contribution in [1.82, 2.24) is 0 Å². The number of imide groups is 1. The molecular formula is C21H21NO4. The first-order valence-corrected chi connectivity index (χ1v) is 8.81. The highest BCUT2D eigenvalue weighted by Gasteiger charge is 2.32. The van der Waals surface area contributed by atoms with E-state index in [1.54, 1.807) is 12.1 Å². The number of benzene rings is 2. The zero-order chi connectivity index (χ0) is 18.3. The molecular weight excluding hydrogens is 330 g/mol. The summed E-state index contributed by atoms with van der Waals surface area (Å²) in [6, 6.07) is 13.3. The van der Waals surface area contributed by atoms with Crippen LogP contribution in [0.4, 0.5) is 5.69 Å². The molecule has 0 N–H and O–H groups in total. The van der Waals surface area contributed by atoms with Gasteiger partial charge in [-0.1, -0.05) is 24.3 Å². The summed E-state index contributed by atoms with van der Waals surface area (Å²) in [6.07, 6.45) is 1.45. The lowest BCUT2D eigenvalue weighted by Gasteiger charge is -2.18. The van der Waals surface area contributed by atoms with Gasteiger partial charge in [0.15, 0.2) is 11.5 Å². The van der Waals surface area contributed by atoms with E-state index in [0.717, 1.165) is 29.0 Å². The van der Waals surface area contributed by atoms with Crippen molar-refractivity contribution in [3.63, 3.8) is 0 Å². The minimum Gasteiger partial charge on any atom is -0.485 e. The largest absolute Gasteiger partial charge is 0.485 e. The molecule has 134 valence electrons. The molecule has 5 nitrogen and oxygen atoms in total. The standard InChI is InChI=1S/C21H21NO4/c1-21(2)12-15-4-3-5-17(20(15)26-21)25-13-14-6-8-16(9-7-14)22-18(23)10-11-19(22)24/h3-9H,10-13H2,1-2H3. The average molecular weight is 351 g/mol. The summed E-state index contributed by atoms with van der Waals surface area (Å²) in [5.74, 6) is 1.28. The van der Waals surface area contributed by atoms with Crippen molar-refractivity contribution in [2.24, 2.45) is 0 Å². The third kappa shape index (κ3) is 3.05. The summed E-state index contributed by atoms with van der Waals surface area (Å²) in [7, 11) is 0. The van der Waals surface area contributed by atoms with Crippen LogP contribution >= 0.6 is 0 Å². The van der Waals surface area contributed by atoms with Gasteiger partial charge in [-0.25, -0.2) is 0 Å². The minimum absolute atomic E-state index is 0.140. The van der Waals surface area contributed by atoms with E-state index < -0.39 is 0 Å². The van der Waals surface area contributed by atoms with E-state index in [1.807, 2.05) is 24.3 Å². The van der Waals surface area contributed by atoms with Gasteiger partial charge in [0, 0.05) is 24.8 Å². The van der Waals surface area contributed by atoms with Crippen LogP contribution in [0, 0.1) is 0 Å². The SMILES string of the molecule is CC1(C)Cc2cccc(OCc3ccc(N4C(=O)CCC4=O)cc3)c2O1. The van der Waals surface area contributed by atoms with Gasteiger partial charge in [-0.05, 0) is 37.6 Å². The molecule has 1 fully saturated rings. The van der Waals surface area contributed by atoms with Gasteiger partial charge in [-0.15, -0.1) is 0 Å². The maximum absolute atomic E-state index is 11.8. The molecule has 2 aliphatic rings. The topological polar surface area (TPSA) is 55.8 Å². The lowest BCUT2D eigenvalue weighted by molar-refractivity contribution is -0.121. The summed E-state index contributed by atoms with van der Waals surface area (Å²) < 4.78 is 12.0. The first-order chi connectivity index (χ1) is 12.4. The highest BCUT2D eigenvalue weighted by atomic mass is 16.5. The van der Waals surface area contributed by atoms with Gasteiger partial charge in [0.05, 0.1) is 5.69 Å². The second kappa shape index (κ2) is 6.16.